The lowest BCUT2D eigenvalue weighted by Gasteiger charge is -2.14. The topological polar surface area (TPSA) is 76.8 Å². The van der Waals surface area contributed by atoms with Crippen LogP contribution in [-0.4, -0.2) is 51.0 Å². The van der Waals surface area contributed by atoms with E-state index in [1.165, 1.54) is 31.5 Å². The van der Waals surface area contributed by atoms with Crippen LogP contribution in [0.2, 0.25) is 0 Å². The molecule has 3 aromatic heterocycles. The van der Waals surface area contributed by atoms with Crippen molar-refractivity contribution in [2.75, 3.05) is 32.1 Å². The first-order valence-corrected chi connectivity index (χ1v) is 15.5. The normalized spacial score (nSPS) is 13.3. The van der Waals surface area contributed by atoms with Crippen molar-refractivity contribution < 1.29 is 9.47 Å². The number of nitrogens with zero attached hydrogens (tertiary/aromatic N) is 5. The lowest BCUT2D eigenvalue weighted by molar-refractivity contribution is 0.284. The van der Waals surface area contributed by atoms with E-state index in [9.17, 15) is 0 Å². The van der Waals surface area contributed by atoms with Gasteiger partial charge in [0.05, 0.1) is 24.2 Å². The zero-order chi connectivity index (χ0) is 30.4. The molecule has 0 unspecified atom stereocenters. The van der Waals surface area contributed by atoms with Gasteiger partial charge in [0.1, 0.15) is 12.3 Å². The zero-order valence-corrected chi connectivity index (χ0v) is 25.4. The van der Waals surface area contributed by atoms with Crippen molar-refractivity contribution in [3.8, 4) is 34.1 Å². The molecule has 0 bridgehead atoms. The zero-order valence-electron chi connectivity index (χ0n) is 25.4. The third kappa shape index (κ3) is 6.51. The van der Waals surface area contributed by atoms with Crippen LogP contribution >= 0.6 is 0 Å². The Morgan fingerprint density at radius 2 is 1.62 bits per heavy atom. The van der Waals surface area contributed by atoms with Crippen LogP contribution in [0.1, 0.15) is 24.0 Å². The first-order valence-electron chi connectivity index (χ1n) is 15.5. The second-order valence-corrected chi connectivity index (χ2v) is 11.3. The Labute approximate surface area is 263 Å². The van der Waals surface area contributed by atoms with Crippen LogP contribution in [0.15, 0.2) is 109 Å². The predicted molar refractivity (Wildman–Crippen MR) is 178 cm³/mol. The monoisotopic (exact) mass is 596 g/mol. The van der Waals surface area contributed by atoms with Crippen LogP contribution in [0.5, 0.6) is 11.5 Å². The molecule has 0 radical (unpaired) electrons. The van der Waals surface area contributed by atoms with Gasteiger partial charge >= 0.3 is 0 Å². The average Bonchev–Trinajstić information content (AvgIpc) is 3.76. The molecule has 4 heterocycles. The minimum absolute atomic E-state index is 0.453. The van der Waals surface area contributed by atoms with Gasteiger partial charge in [-0.3, -0.25) is 4.40 Å². The van der Waals surface area contributed by atoms with Gasteiger partial charge in [0, 0.05) is 30.2 Å². The molecule has 0 spiro atoms. The number of pyridine rings is 1. The van der Waals surface area contributed by atoms with Crippen LogP contribution < -0.4 is 14.8 Å². The molecule has 1 aliphatic rings. The number of methoxy groups -OCH3 is 1. The van der Waals surface area contributed by atoms with E-state index in [1.54, 1.807) is 13.3 Å². The third-order valence-electron chi connectivity index (χ3n) is 8.23. The molecule has 0 aliphatic carbocycles. The minimum atomic E-state index is 0.453. The van der Waals surface area contributed by atoms with Crippen molar-refractivity contribution >= 4 is 17.3 Å². The molecule has 8 nitrogen and oxygen atoms in total. The van der Waals surface area contributed by atoms with E-state index in [4.69, 9.17) is 19.4 Å². The summed E-state index contributed by atoms with van der Waals surface area (Å²) in [5.41, 5.74) is 7.52. The van der Waals surface area contributed by atoms with Gasteiger partial charge in [0.25, 0.3) is 0 Å². The van der Waals surface area contributed by atoms with Gasteiger partial charge in [-0.25, -0.2) is 15.0 Å². The number of anilines is 2. The fourth-order valence-electron chi connectivity index (χ4n) is 5.84. The number of imidazole rings is 1. The number of rotatable bonds is 11. The summed E-state index contributed by atoms with van der Waals surface area (Å²) < 4.78 is 13.9. The number of hydrogen-bond acceptors (Lipinski definition) is 7. The van der Waals surface area contributed by atoms with E-state index >= 15 is 0 Å². The third-order valence-corrected chi connectivity index (χ3v) is 8.23. The Bertz CT molecular complexity index is 1880. The van der Waals surface area contributed by atoms with Crippen molar-refractivity contribution in [3.05, 3.63) is 121 Å². The summed E-state index contributed by atoms with van der Waals surface area (Å²) >= 11 is 0. The van der Waals surface area contributed by atoms with Crippen molar-refractivity contribution in [1.82, 2.24) is 24.3 Å². The van der Waals surface area contributed by atoms with E-state index < -0.39 is 0 Å². The maximum absolute atomic E-state index is 6.11. The van der Waals surface area contributed by atoms with Crippen molar-refractivity contribution in [3.63, 3.8) is 0 Å². The highest BCUT2D eigenvalue weighted by Gasteiger charge is 2.19. The first-order chi connectivity index (χ1) is 22.2. The summed E-state index contributed by atoms with van der Waals surface area (Å²) in [6.07, 6.45) is 7.49. The maximum atomic E-state index is 6.11. The lowest BCUT2D eigenvalue weighted by atomic mass is 10.1. The predicted octanol–water partition coefficient (Wildman–Crippen LogP) is 7.43. The van der Waals surface area contributed by atoms with E-state index in [0.29, 0.717) is 24.1 Å². The minimum Gasteiger partial charge on any atom is -0.493 e. The standard InChI is InChI=1S/C37H36N6O2/c1-44-33-25-29(14-17-32(33)45-26-28-9-3-2-4-10-28)35-36(43-23-6-5-11-34(43)41-35)31-18-20-38-37(40-31)39-30-15-12-27(13-16-30)19-24-42-21-7-8-22-42/h2-6,9-18,20,23,25H,7-8,19,21-22,24,26H2,1H3,(H,38,39,40). The molecule has 8 heteroatoms. The fourth-order valence-corrected chi connectivity index (χ4v) is 5.84. The molecule has 7 rings (SSSR count). The molecule has 3 aromatic carbocycles. The molecule has 1 aliphatic heterocycles. The molecule has 1 N–H and O–H groups in total. The number of benzene rings is 3. The molecular weight excluding hydrogens is 560 g/mol. The van der Waals surface area contributed by atoms with Crippen LogP contribution in [0.4, 0.5) is 11.6 Å². The summed E-state index contributed by atoms with van der Waals surface area (Å²) in [4.78, 5) is 17.0. The Kier molecular flexibility index (Phi) is 8.37. The molecule has 0 saturated carbocycles. The van der Waals surface area contributed by atoms with Crippen LogP contribution in [0.25, 0.3) is 28.3 Å². The van der Waals surface area contributed by atoms with Crippen LogP contribution in [0, 0.1) is 0 Å². The van der Waals surface area contributed by atoms with Gasteiger partial charge in [-0.15, -0.1) is 0 Å². The van der Waals surface area contributed by atoms with Gasteiger partial charge in [-0.2, -0.15) is 0 Å². The average molecular weight is 597 g/mol. The van der Waals surface area contributed by atoms with Crippen molar-refractivity contribution in [2.24, 2.45) is 0 Å². The van der Waals surface area contributed by atoms with E-state index in [-0.39, 0.29) is 0 Å². The van der Waals surface area contributed by atoms with Crippen molar-refractivity contribution in [2.45, 2.75) is 25.9 Å². The van der Waals surface area contributed by atoms with E-state index in [2.05, 4.69) is 43.9 Å². The number of nitrogens with one attached hydrogen (secondary N) is 1. The van der Waals surface area contributed by atoms with Gasteiger partial charge in [-0.1, -0.05) is 48.5 Å². The number of likely N-dealkylation sites (tertiary alicyclic amines) is 1. The largest absolute Gasteiger partial charge is 0.493 e. The molecule has 0 amide bonds. The van der Waals surface area contributed by atoms with Gasteiger partial charge in [-0.05, 0) is 92.0 Å². The van der Waals surface area contributed by atoms with Crippen LogP contribution in [-0.2, 0) is 13.0 Å². The van der Waals surface area contributed by atoms with Crippen molar-refractivity contribution in [1.29, 1.82) is 0 Å². The molecular formula is C37H36N6O2. The quantitative estimate of drug-likeness (QED) is 0.167. The Morgan fingerprint density at radius 3 is 2.44 bits per heavy atom. The smallest absolute Gasteiger partial charge is 0.227 e. The summed E-state index contributed by atoms with van der Waals surface area (Å²) in [5.74, 6) is 1.84. The summed E-state index contributed by atoms with van der Waals surface area (Å²) in [6.45, 7) is 4.02. The summed E-state index contributed by atoms with van der Waals surface area (Å²) in [6, 6.07) is 32.5. The first kappa shape index (κ1) is 28.6. The number of aromatic nitrogens is 4. The second kappa shape index (κ2) is 13.2. The highest BCUT2D eigenvalue weighted by Crippen LogP contribution is 2.37. The number of hydrogen-bond donors (Lipinski definition) is 1. The highest BCUT2D eigenvalue weighted by atomic mass is 16.5. The molecule has 6 aromatic rings. The molecule has 45 heavy (non-hydrogen) atoms. The lowest BCUT2D eigenvalue weighted by Crippen LogP contribution is -2.21. The van der Waals surface area contributed by atoms with Gasteiger partial charge in [0.2, 0.25) is 5.95 Å². The van der Waals surface area contributed by atoms with Gasteiger partial charge < -0.3 is 19.7 Å². The van der Waals surface area contributed by atoms with E-state index in [1.807, 2.05) is 79.0 Å². The van der Waals surface area contributed by atoms with Gasteiger partial charge in [0.15, 0.2) is 11.5 Å². The molecule has 0 atom stereocenters. The van der Waals surface area contributed by atoms with Crippen LogP contribution in [0.3, 0.4) is 0 Å². The fraction of sp³-hybridized carbons (Fsp3) is 0.216. The highest BCUT2D eigenvalue weighted by molar-refractivity contribution is 5.82. The SMILES string of the molecule is COc1cc(-c2nc3ccccn3c2-c2ccnc(Nc3ccc(CCN4CCCC4)cc3)n2)ccc1OCc1ccccc1. The maximum Gasteiger partial charge on any atom is 0.227 e. The number of ether oxygens (including phenoxy) is 2. The molecule has 226 valence electrons. The molecule has 1 saturated heterocycles. The Balaban J connectivity index is 1.15. The second-order valence-electron chi connectivity index (χ2n) is 11.3. The summed E-state index contributed by atoms with van der Waals surface area (Å²) in [7, 11) is 1.65. The molecule has 1 fully saturated rings. The van der Waals surface area contributed by atoms with E-state index in [0.717, 1.165) is 52.5 Å². The number of fused-ring (bicyclic) bond motifs is 1. The summed E-state index contributed by atoms with van der Waals surface area (Å²) in [5, 5.41) is 3.39. The Hall–Kier alpha value is -5.21. The Morgan fingerprint density at radius 1 is 0.800 bits per heavy atom.